The van der Waals surface area contributed by atoms with Gasteiger partial charge >= 0.3 is 0 Å². The van der Waals surface area contributed by atoms with E-state index in [1.165, 1.54) is 11.5 Å². The van der Waals surface area contributed by atoms with Crippen LogP contribution in [0.15, 0.2) is 35.3 Å². The van der Waals surface area contributed by atoms with Gasteiger partial charge < -0.3 is 0 Å². The highest BCUT2D eigenvalue weighted by molar-refractivity contribution is 7.03. The highest BCUT2D eigenvalue weighted by Crippen LogP contribution is 2.27. The fourth-order valence-corrected chi connectivity index (χ4v) is 3.72. The Morgan fingerprint density at radius 3 is 2.52 bits per heavy atom. The van der Waals surface area contributed by atoms with Crippen LogP contribution in [0.4, 0.5) is 0 Å². The van der Waals surface area contributed by atoms with Crippen molar-refractivity contribution in [1.29, 1.82) is 0 Å². The lowest BCUT2D eigenvalue weighted by Gasteiger charge is -2.17. The number of hydrogen-bond donors (Lipinski definition) is 0. The summed E-state index contributed by atoms with van der Waals surface area (Å²) in [7, 11) is 0. The summed E-state index contributed by atoms with van der Waals surface area (Å²) in [6.07, 6.45) is 0. The van der Waals surface area contributed by atoms with Crippen molar-refractivity contribution < 1.29 is 4.79 Å². The molecule has 0 saturated heterocycles. The molecule has 0 bridgehead atoms. The number of aromatic nitrogens is 3. The van der Waals surface area contributed by atoms with Gasteiger partial charge in [-0.3, -0.25) is 4.79 Å². The van der Waals surface area contributed by atoms with Crippen molar-refractivity contribution in [3.8, 4) is 0 Å². The molecule has 130 valence electrons. The first kappa shape index (κ1) is 17.8. The van der Waals surface area contributed by atoms with Gasteiger partial charge in [0.1, 0.15) is 0 Å². The van der Waals surface area contributed by atoms with Crippen LogP contribution in [0.2, 0.25) is 5.02 Å². The smallest absolute Gasteiger partial charge is 0.256 e. The van der Waals surface area contributed by atoms with Gasteiger partial charge in [-0.05, 0) is 55.1 Å². The maximum Gasteiger partial charge on any atom is 0.256 e. The van der Waals surface area contributed by atoms with Crippen LogP contribution in [0, 0.1) is 19.8 Å². The second-order valence-electron chi connectivity index (χ2n) is 6.34. The van der Waals surface area contributed by atoms with Crippen LogP contribution < -0.4 is 4.80 Å². The largest absolute Gasteiger partial charge is 0.272 e. The van der Waals surface area contributed by atoms with Gasteiger partial charge in [-0.15, -0.1) is 0 Å². The van der Waals surface area contributed by atoms with Gasteiger partial charge in [0.15, 0.2) is 0 Å². The fourth-order valence-electron chi connectivity index (χ4n) is 2.82. The SMILES string of the molecule is Cc1cc(C)n2sc(=NC(=O)C(c3ccc(Cl)cc3)C(C)C)nc2n1. The Morgan fingerprint density at radius 1 is 1.20 bits per heavy atom. The standard InChI is InChI=1S/C18H19ClN4OS/c1-10(2)15(13-5-7-14(19)8-6-13)16(24)21-18-22-17-20-11(3)9-12(4)23(17)25-18/h5-10,15H,1-4H3. The highest BCUT2D eigenvalue weighted by atomic mass is 35.5. The van der Waals surface area contributed by atoms with Gasteiger partial charge in [-0.25, -0.2) is 8.77 Å². The van der Waals surface area contributed by atoms with E-state index in [0.717, 1.165) is 17.0 Å². The van der Waals surface area contributed by atoms with Crippen LogP contribution in [0.3, 0.4) is 0 Å². The molecule has 5 nitrogen and oxygen atoms in total. The zero-order valence-electron chi connectivity index (χ0n) is 14.5. The predicted molar refractivity (Wildman–Crippen MR) is 99.9 cm³/mol. The van der Waals surface area contributed by atoms with E-state index in [2.05, 4.69) is 15.0 Å². The van der Waals surface area contributed by atoms with Crippen molar-refractivity contribution in [2.24, 2.45) is 10.9 Å². The van der Waals surface area contributed by atoms with Crippen LogP contribution in [-0.4, -0.2) is 19.7 Å². The van der Waals surface area contributed by atoms with Crippen LogP contribution in [0.1, 0.15) is 36.7 Å². The Bertz CT molecular complexity index is 988. The summed E-state index contributed by atoms with van der Waals surface area (Å²) in [6.45, 7) is 7.92. The minimum Gasteiger partial charge on any atom is -0.272 e. The van der Waals surface area contributed by atoms with Crippen molar-refractivity contribution in [3.63, 3.8) is 0 Å². The summed E-state index contributed by atoms with van der Waals surface area (Å²) in [5, 5.41) is 0.648. The number of carbonyl (C=O) groups excluding carboxylic acids is 1. The summed E-state index contributed by atoms with van der Waals surface area (Å²) in [5.74, 6) is 0.152. The zero-order valence-corrected chi connectivity index (χ0v) is 16.1. The predicted octanol–water partition coefficient (Wildman–Crippen LogP) is 3.93. The number of halogens is 1. The molecule has 1 atom stereocenters. The summed E-state index contributed by atoms with van der Waals surface area (Å²) < 4.78 is 1.88. The van der Waals surface area contributed by atoms with E-state index in [9.17, 15) is 4.79 Å². The Hall–Kier alpha value is -2.05. The summed E-state index contributed by atoms with van der Waals surface area (Å²) in [6, 6.07) is 9.32. The van der Waals surface area contributed by atoms with Crippen LogP contribution in [0.25, 0.3) is 5.78 Å². The average molecular weight is 375 g/mol. The molecule has 0 N–H and O–H groups in total. The molecule has 1 unspecified atom stereocenters. The van der Waals surface area contributed by atoms with E-state index in [1.54, 1.807) is 12.1 Å². The molecule has 0 fully saturated rings. The van der Waals surface area contributed by atoms with E-state index in [0.29, 0.717) is 15.6 Å². The molecule has 0 aliphatic carbocycles. The normalized spacial score (nSPS) is 13.6. The number of hydrogen-bond acceptors (Lipinski definition) is 4. The van der Waals surface area contributed by atoms with Crippen molar-refractivity contribution >= 4 is 34.8 Å². The highest BCUT2D eigenvalue weighted by Gasteiger charge is 2.24. The Labute approximate surface area is 155 Å². The van der Waals surface area contributed by atoms with Crippen LogP contribution >= 0.6 is 23.1 Å². The topological polar surface area (TPSA) is 59.6 Å². The van der Waals surface area contributed by atoms with Gasteiger partial charge in [0.25, 0.3) is 5.91 Å². The fraction of sp³-hybridized carbons (Fsp3) is 0.333. The molecule has 0 spiro atoms. The number of fused-ring (bicyclic) bond motifs is 1. The Balaban J connectivity index is 2.02. The van der Waals surface area contributed by atoms with E-state index in [1.807, 2.05) is 49.7 Å². The number of amides is 1. The van der Waals surface area contributed by atoms with Crippen molar-refractivity contribution in [3.05, 3.63) is 57.1 Å². The maximum absolute atomic E-state index is 12.8. The lowest BCUT2D eigenvalue weighted by atomic mass is 9.88. The lowest BCUT2D eigenvalue weighted by Crippen LogP contribution is -2.19. The minimum absolute atomic E-state index is 0.113. The first-order valence-electron chi connectivity index (χ1n) is 8.03. The third-order valence-corrected chi connectivity index (χ3v) is 5.16. The molecule has 3 aromatic rings. The van der Waals surface area contributed by atoms with Gasteiger partial charge in [0.2, 0.25) is 10.6 Å². The Morgan fingerprint density at radius 2 is 1.88 bits per heavy atom. The third kappa shape index (κ3) is 3.80. The van der Waals surface area contributed by atoms with Gasteiger partial charge in [0, 0.05) is 16.4 Å². The number of benzene rings is 1. The molecule has 25 heavy (non-hydrogen) atoms. The quantitative estimate of drug-likeness (QED) is 0.697. The number of aryl methyl sites for hydroxylation is 2. The third-order valence-electron chi connectivity index (χ3n) is 3.93. The molecule has 0 radical (unpaired) electrons. The molecular weight excluding hydrogens is 356 g/mol. The lowest BCUT2D eigenvalue weighted by molar-refractivity contribution is -0.120. The number of nitrogens with zero attached hydrogens (tertiary/aromatic N) is 4. The summed E-state index contributed by atoms with van der Waals surface area (Å²) in [4.78, 5) is 26.3. The van der Waals surface area contributed by atoms with Crippen molar-refractivity contribution in [2.45, 2.75) is 33.6 Å². The summed E-state index contributed by atoms with van der Waals surface area (Å²) in [5.41, 5.74) is 2.82. The molecule has 0 aliphatic heterocycles. The molecule has 7 heteroatoms. The monoisotopic (exact) mass is 374 g/mol. The maximum atomic E-state index is 12.8. The van der Waals surface area contributed by atoms with Crippen molar-refractivity contribution in [1.82, 2.24) is 13.8 Å². The van der Waals surface area contributed by atoms with Gasteiger partial charge in [-0.1, -0.05) is 37.6 Å². The number of rotatable bonds is 3. The molecule has 3 rings (SSSR count). The average Bonchev–Trinajstić information content (AvgIpc) is 2.91. The van der Waals surface area contributed by atoms with Crippen molar-refractivity contribution in [2.75, 3.05) is 0 Å². The minimum atomic E-state index is -0.329. The van der Waals surface area contributed by atoms with Gasteiger partial charge in [0.05, 0.1) is 5.92 Å². The molecular formula is C18H19ClN4OS. The summed E-state index contributed by atoms with van der Waals surface area (Å²) >= 11 is 7.27. The second kappa shape index (κ2) is 7.06. The first-order valence-corrected chi connectivity index (χ1v) is 9.18. The molecule has 1 amide bonds. The van der Waals surface area contributed by atoms with E-state index in [4.69, 9.17) is 11.6 Å². The van der Waals surface area contributed by atoms with Crippen LogP contribution in [-0.2, 0) is 4.79 Å². The molecule has 2 heterocycles. The second-order valence-corrected chi connectivity index (χ2v) is 7.69. The number of carbonyl (C=O) groups is 1. The van der Waals surface area contributed by atoms with E-state index >= 15 is 0 Å². The van der Waals surface area contributed by atoms with E-state index < -0.39 is 0 Å². The first-order chi connectivity index (χ1) is 11.8. The van der Waals surface area contributed by atoms with Crippen LogP contribution in [0.5, 0.6) is 0 Å². The molecule has 0 saturated carbocycles. The molecule has 1 aromatic carbocycles. The molecule has 0 aliphatic rings. The molecule has 2 aromatic heterocycles. The Kier molecular flexibility index (Phi) is 5.01. The van der Waals surface area contributed by atoms with E-state index in [-0.39, 0.29) is 17.7 Å². The van der Waals surface area contributed by atoms with Gasteiger partial charge in [-0.2, -0.15) is 9.98 Å². The zero-order chi connectivity index (χ0) is 18.1.